The average molecular weight is 270 g/mol. The van der Waals surface area contributed by atoms with Crippen LogP contribution < -0.4 is 4.74 Å². The smallest absolute Gasteiger partial charge is 0.338 e. The topological polar surface area (TPSA) is 55.8 Å². The van der Waals surface area contributed by atoms with Crippen LogP contribution in [0, 0.1) is 5.82 Å². The highest BCUT2D eigenvalue weighted by atomic mass is 19.1. The first-order valence-electron chi connectivity index (χ1n) is 6.08. The molecule has 0 bridgehead atoms. The van der Waals surface area contributed by atoms with E-state index in [1.165, 1.54) is 26.2 Å². The summed E-state index contributed by atoms with van der Waals surface area (Å²) in [4.78, 5) is 11.8. The molecule has 0 heterocycles. The van der Waals surface area contributed by atoms with E-state index in [1.807, 2.05) is 0 Å². The van der Waals surface area contributed by atoms with Gasteiger partial charge in [0, 0.05) is 11.5 Å². The lowest BCUT2D eigenvalue weighted by atomic mass is 9.84. The van der Waals surface area contributed by atoms with Gasteiger partial charge in [0.1, 0.15) is 11.6 Å². The Morgan fingerprint density at radius 1 is 1.53 bits per heavy atom. The van der Waals surface area contributed by atoms with E-state index in [2.05, 4.69) is 0 Å². The van der Waals surface area contributed by atoms with Crippen LogP contribution in [-0.4, -0.2) is 30.4 Å². The molecule has 0 aliphatic rings. The lowest BCUT2D eigenvalue weighted by Crippen LogP contribution is -2.42. The van der Waals surface area contributed by atoms with Crippen LogP contribution in [-0.2, 0) is 9.53 Å². The molecule has 0 amide bonds. The maximum atomic E-state index is 13.9. The number of benzene rings is 1. The highest BCUT2D eigenvalue weighted by Gasteiger charge is 2.41. The first-order valence-corrected chi connectivity index (χ1v) is 6.08. The summed E-state index contributed by atoms with van der Waals surface area (Å²) in [7, 11) is 1.41. The summed E-state index contributed by atoms with van der Waals surface area (Å²) < 4.78 is 23.8. The van der Waals surface area contributed by atoms with Gasteiger partial charge in [0.25, 0.3) is 0 Å². The summed E-state index contributed by atoms with van der Waals surface area (Å²) >= 11 is 0. The number of carbonyl (C=O) groups excluding carboxylic acids is 1. The molecular formula is C14H19FO4. The molecule has 0 aliphatic carbocycles. The minimum Gasteiger partial charge on any atom is -0.496 e. The minimum atomic E-state index is -1.83. The Bertz CT molecular complexity index is 457. The van der Waals surface area contributed by atoms with Crippen LogP contribution in [0.25, 0.3) is 0 Å². The predicted molar refractivity (Wildman–Crippen MR) is 68.6 cm³/mol. The van der Waals surface area contributed by atoms with Gasteiger partial charge in [-0.2, -0.15) is 0 Å². The standard InChI is InChI=1S/C14H19FO4/c1-5-19-13(16)14(3,17)9(2)12-10(15)7-6-8-11(12)18-4/h6-9,17H,5H2,1-4H3. The van der Waals surface area contributed by atoms with E-state index >= 15 is 0 Å². The normalized spacial score (nSPS) is 15.5. The third-order valence-corrected chi connectivity index (χ3v) is 3.20. The lowest BCUT2D eigenvalue weighted by Gasteiger charge is -2.29. The Hall–Kier alpha value is -1.62. The van der Waals surface area contributed by atoms with E-state index in [4.69, 9.17) is 9.47 Å². The van der Waals surface area contributed by atoms with Crippen molar-refractivity contribution in [2.24, 2.45) is 0 Å². The number of esters is 1. The molecule has 1 N–H and O–H groups in total. The largest absolute Gasteiger partial charge is 0.496 e. The van der Waals surface area contributed by atoms with Crippen molar-refractivity contribution in [3.63, 3.8) is 0 Å². The molecule has 1 aromatic rings. The molecular weight excluding hydrogens is 251 g/mol. The Labute approximate surface area is 112 Å². The van der Waals surface area contributed by atoms with E-state index in [0.717, 1.165) is 0 Å². The fourth-order valence-electron chi connectivity index (χ4n) is 1.85. The van der Waals surface area contributed by atoms with Gasteiger partial charge >= 0.3 is 5.97 Å². The number of hydrogen-bond donors (Lipinski definition) is 1. The highest BCUT2D eigenvalue weighted by molar-refractivity contribution is 5.80. The summed E-state index contributed by atoms with van der Waals surface area (Å²) in [6.45, 7) is 4.65. The summed E-state index contributed by atoms with van der Waals surface area (Å²) in [5.41, 5.74) is -1.67. The molecule has 0 radical (unpaired) electrons. The lowest BCUT2D eigenvalue weighted by molar-refractivity contribution is -0.165. The Morgan fingerprint density at radius 3 is 2.68 bits per heavy atom. The quantitative estimate of drug-likeness (QED) is 0.834. The average Bonchev–Trinajstić information content (AvgIpc) is 2.37. The van der Waals surface area contributed by atoms with Crippen LogP contribution in [0.5, 0.6) is 5.75 Å². The van der Waals surface area contributed by atoms with Crippen LogP contribution in [0.1, 0.15) is 32.3 Å². The minimum absolute atomic E-state index is 0.149. The molecule has 5 heteroatoms. The number of rotatable bonds is 5. The van der Waals surface area contributed by atoms with E-state index in [-0.39, 0.29) is 17.9 Å². The summed E-state index contributed by atoms with van der Waals surface area (Å²) in [6.07, 6.45) is 0. The number of halogens is 1. The molecule has 0 aromatic heterocycles. The van der Waals surface area contributed by atoms with Crippen molar-refractivity contribution in [3.05, 3.63) is 29.6 Å². The van der Waals surface area contributed by atoms with Crippen molar-refractivity contribution in [1.82, 2.24) is 0 Å². The van der Waals surface area contributed by atoms with Crippen LogP contribution in [0.3, 0.4) is 0 Å². The second kappa shape index (κ2) is 6.02. The van der Waals surface area contributed by atoms with Gasteiger partial charge in [0.2, 0.25) is 0 Å². The fourth-order valence-corrected chi connectivity index (χ4v) is 1.85. The van der Waals surface area contributed by atoms with E-state index in [9.17, 15) is 14.3 Å². The van der Waals surface area contributed by atoms with E-state index in [1.54, 1.807) is 19.9 Å². The zero-order valence-corrected chi connectivity index (χ0v) is 11.6. The molecule has 2 atom stereocenters. The number of hydrogen-bond acceptors (Lipinski definition) is 4. The summed E-state index contributed by atoms with van der Waals surface area (Å²) in [6, 6.07) is 4.34. The number of methoxy groups -OCH3 is 1. The molecule has 0 saturated carbocycles. The maximum absolute atomic E-state index is 13.9. The van der Waals surface area contributed by atoms with Gasteiger partial charge in [0.15, 0.2) is 5.60 Å². The molecule has 1 aromatic carbocycles. The number of carbonyl (C=O) groups is 1. The van der Waals surface area contributed by atoms with Crippen molar-refractivity contribution in [1.29, 1.82) is 0 Å². The van der Waals surface area contributed by atoms with Crippen LogP contribution >= 0.6 is 0 Å². The summed E-state index contributed by atoms with van der Waals surface area (Å²) in [5, 5.41) is 10.3. The molecule has 19 heavy (non-hydrogen) atoms. The van der Waals surface area contributed by atoms with Gasteiger partial charge < -0.3 is 14.6 Å². The van der Waals surface area contributed by atoms with Gasteiger partial charge in [-0.05, 0) is 26.0 Å². The molecule has 1 rings (SSSR count). The number of aliphatic hydroxyl groups is 1. The fraction of sp³-hybridized carbons (Fsp3) is 0.500. The summed E-state index contributed by atoms with van der Waals surface area (Å²) in [5.74, 6) is -1.83. The van der Waals surface area contributed by atoms with Crippen LogP contribution in [0.15, 0.2) is 18.2 Å². The molecule has 0 aliphatic heterocycles. The maximum Gasteiger partial charge on any atom is 0.338 e. The Balaban J connectivity index is 3.19. The molecule has 2 unspecified atom stereocenters. The monoisotopic (exact) mass is 270 g/mol. The van der Waals surface area contributed by atoms with Gasteiger partial charge in [-0.25, -0.2) is 9.18 Å². The van der Waals surface area contributed by atoms with Gasteiger partial charge in [0.05, 0.1) is 13.7 Å². The third-order valence-electron chi connectivity index (χ3n) is 3.20. The third kappa shape index (κ3) is 3.04. The number of ether oxygens (including phenoxy) is 2. The van der Waals surface area contributed by atoms with Crippen molar-refractivity contribution >= 4 is 5.97 Å². The first-order chi connectivity index (χ1) is 8.86. The van der Waals surface area contributed by atoms with Gasteiger partial charge in [-0.3, -0.25) is 0 Å². The zero-order chi connectivity index (χ0) is 14.6. The predicted octanol–water partition coefficient (Wildman–Crippen LogP) is 2.25. The Kier molecular flexibility index (Phi) is 4.89. The van der Waals surface area contributed by atoms with Crippen LogP contribution in [0.2, 0.25) is 0 Å². The molecule has 0 saturated heterocycles. The Morgan fingerprint density at radius 2 is 2.16 bits per heavy atom. The van der Waals surface area contributed by atoms with Crippen molar-refractivity contribution in [2.75, 3.05) is 13.7 Å². The van der Waals surface area contributed by atoms with E-state index in [0.29, 0.717) is 0 Å². The van der Waals surface area contributed by atoms with Gasteiger partial charge in [-0.1, -0.05) is 13.0 Å². The van der Waals surface area contributed by atoms with Crippen molar-refractivity contribution < 1.29 is 23.8 Å². The SMILES string of the molecule is CCOC(=O)C(C)(O)C(C)c1c(F)cccc1OC. The highest BCUT2D eigenvalue weighted by Crippen LogP contribution is 2.36. The molecule has 106 valence electrons. The van der Waals surface area contributed by atoms with E-state index < -0.39 is 23.3 Å². The van der Waals surface area contributed by atoms with Crippen LogP contribution in [0.4, 0.5) is 4.39 Å². The van der Waals surface area contributed by atoms with Crippen molar-refractivity contribution in [2.45, 2.75) is 32.3 Å². The molecule has 0 spiro atoms. The zero-order valence-electron chi connectivity index (χ0n) is 11.6. The first kappa shape index (κ1) is 15.4. The molecule has 0 fully saturated rings. The molecule has 4 nitrogen and oxygen atoms in total. The second-order valence-electron chi connectivity index (χ2n) is 4.45. The second-order valence-corrected chi connectivity index (χ2v) is 4.45. The van der Waals surface area contributed by atoms with Gasteiger partial charge in [-0.15, -0.1) is 0 Å². The van der Waals surface area contributed by atoms with Crippen molar-refractivity contribution in [3.8, 4) is 5.75 Å².